The number of benzene rings is 1. The van der Waals surface area contributed by atoms with Crippen LogP contribution in [-0.4, -0.2) is 4.98 Å². The average Bonchev–Trinajstić information content (AvgIpc) is 2.30. The minimum absolute atomic E-state index is 0.0204. The van der Waals surface area contributed by atoms with Crippen LogP contribution < -0.4 is 11.1 Å². The molecule has 2 rings (SSSR count). The predicted octanol–water partition coefficient (Wildman–Crippen LogP) is 4.08. The Balaban J connectivity index is 2.34. The molecule has 0 aliphatic carbocycles. The number of anilines is 3. The Labute approximate surface area is 112 Å². The lowest BCUT2D eigenvalue weighted by Crippen LogP contribution is -2.08. The number of alkyl halides is 3. The smallest absolute Gasteiger partial charge is 0.382 e. The van der Waals surface area contributed by atoms with Crippen LogP contribution in [0.25, 0.3) is 0 Å². The van der Waals surface area contributed by atoms with Crippen molar-refractivity contribution >= 4 is 28.8 Å². The summed E-state index contributed by atoms with van der Waals surface area (Å²) in [5.41, 5.74) is 5.28. The van der Waals surface area contributed by atoms with Gasteiger partial charge in [0.05, 0.1) is 11.3 Å². The number of rotatable bonds is 2. The standard InChI is InChI=1S/C12H9ClF3N3/c13-8-2-1-3-9(5-8)19-10-4-7(12(14,15)16)6-18-11(10)17/h1-6,19H,(H2,17,18). The summed E-state index contributed by atoms with van der Waals surface area (Å²) in [6, 6.07) is 7.46. The van der Waals surface area contributed by atoms with Gasteiger partial charge in [0.15, 0.2) is 0 Å². The van der Waals surface area contributed by atoms with Crippen LogP contribution in [-0.2, 0) is 6.18 Å². The van der Waals surface area contributed by atoms with Crippen LogP contribution in [0.15, 0.2) is 36.5 Å². The summed E-state index contributed by atoms with van der Waals surface area (Å²) < 4.78 is 37.7. The first-order valence-electron chi connectivity index (χ1n) is 5.21. The summed E-state index contributed by atoms with van der Waals surface area (Å²) in [6.07, 6.45) is -3.77. The molecule has 3 N–H and O–H groups in total. The van der Waals surface area contributed by atoms with Crippen molar-refractivity contribution in [2.45, 2.75) is 6.18 Å². The molecule has 3 nitrogen and oxygen atoms in total. The lowest BCUT2D eigenvalue weighted by atomic mass is 10.2. The lowest BCUT2D eigenvalue weighted by molar-refractivity contribution is -0.137. The summed E-state index contributed by atoms with van der Waals surface area (Å²) in [5, 5.41) is 3.22. The van der Waals surface area contributed by atoms with Crippen LogP contribution in [0.5, 0.6) is 0 Å². The molecule has 0 radical (unpaired) electrons. The topological polar surface area (TPSA) is 50.9 Å². The van der Waals surface area contributed by atoms with E-state index in [4.69, 9.17) is 17.3 Å². The summed E-state index contributed by atoms with van der Waals surface area (Å²) in [7, 11) is 0. The number of nitrogens with one attached hydrogen (secondary N) is 1. The zero-order valence-electron chi connectivity index (χ0n) is 9.50. The number of aromatic nitrogens is 1. The predicted molar refractivity (Wildman–Crippen MR) is 68.4 cm³/mol. The Morgan fingerprint density at radius 2 is 1.95 bits per heavy atom. The van der Waals surface area contributed by atoms with E-state index in [0.717, 1.165) is 6.07 Å². The highest BCUT2D eigenvalue weighted by Crippen LogP contribution is 2.33. The van der Waals surface area contributed by atoms with Gasteiger partial charge in [-0.3, -0.25) is 0 Å². The van der Waals surface area contributed by atoms with E-state index in [2.05, 4.69) is 10.3 Å². The molecule has 0 saturated carbocycles. The van der Waals surface area contributed by atoms with Gasteiger partial charge in [0.25, 0.3) is 0 Å². The number of nitrogen functional groups attached to an aromatic ring is 1. The first-order valence-corrected chi connectivity index (χ1v) is 5.59. The van der Waals surface area contributed by atoms with Crippen molar-refractivity contribution in [2.24, 2.45) is 0 Å². The minimum atomic E-state index is -4.47. The molecule has 2 aromatic rings. The Hall–Kier alpha value is -1.95. The molecule has 1 heterocycles. The molecule has 0 atom stereocenters. The minimum Gasteiger partial charge on any atom is -0.382 e. The van der Waals surface area contributed by atoms with E-state index in [1.807, 2.05) is 0 Å². The molecule has 0 unspecified atom stereocenters. The van der Waals surface area contributed by atoms with Crippen LogP contribution in [0.3, 0.4) is 0 Å². The SMILES string of the molecule is Nc1ncc(C(F)(F)F)cc1Nc1cccc(Cl)c1. The van der Waals surface area contributed by atoms with Gasteiger partial charge in [0, 0.05) is 16.9 Å². The van der Waals surface area contributed by atoms with Crippen molar-refractivity contribution in [3.05, 3.63) is 47.1 Å². The fourth-order valence-electron chi connectivity index (χ4n) is 1.45. The monoisotopic (exact) mass is 287 g/mol. The molecule has 1 aromatic carbocycles. The van der Waals surface area contributed by atoms with Gasteiger partial charge in [-0.15, -0.1) is 0 Å². The van der Waals surface area contributed by atoms with Gasteiger partial charge in [-0.05, 0) is 24.3 Å². The Morgan fingerprint density at radius 1 is 1.21 bits per heavy atom. The molecule has 7 heteroatoms. The number of pyridine rings is 1. The van der Waals surface area contributed by atoms with Gasteiger partial charge in [-0.1, -0.05) is 17.7 Å². The second-order valence-electron chi connectivity index (χ2n) is 3.79. The van der Waals surface area contributed by atoms with E-state index >= 15 is 0 Å². The normalized spacial score (nSPS) is 11.4. The third-order valence-corrected chi connectivity index (χ3v) is 2.58. The summed E-state index contributed by atoms with van der Waals surface area (Å²) >= 11 is 5.79. The molecule has 1 aromatic heterocycles. The van der Waals surface area contributed by atoms with E-state index < -0.39 is 11.7 Å². The number of nitrogens with zero attached hydrogens (tertiary/aromatic N) is 1. The van der Waals surface area contributed by atoms with Crippen LogP contribution >= 0.6 is 11.6 Å². The first kappa shape index (κ1) is 13.5. The maximum absolute atomic E-state index is 12.6. The highest BCUT2D eigenvalue weighted by Gasteiger charge is 2.31. The number of hydrogen-bond acceptors (Lipinski definition) is 3. The van der Waals surface area contributed by atoms with Crippen molar-refractivity contribution < 1.29 is 13.2 Å². The third kappa shape index (κ3) is 3.29. The summed E-state index contributed by atoms with van der Waals surface area (Å²) in [6.45, 7) is 0. The molecule has 0 aliphatic rings. The number of hydrogen-bond donors (Lipinski definition) is 2. The third-order valence-electron chi connectivity index (χ3n) is 2.35. The van der Waals surface area contributed by atoms with Gasteiger partial charge in [-0.25, -0.2) is 4.98 Å². The number of halogens is 4. The lowest BCUT2D eigenvalue weighted by Gasteiger charge is -2.12. The molecule has 0 fully saturated rings. The second kappa shape index (κ2) is 4.97. The molecule has 100 valence electrons. The maximum Gasteiger partial charge on any atom is 0.417 e. The van der Waals surface area contributed by atoms with Gasteiger partial charge in [0.2, 0.25) is 0 Å². The Bertz CT molecular complexity index is 599. The highest BCUT2D eigenvalue weighted by atomic mass is 35.5. The Kier molecular flexibility index (Phi) is 3.53. The highest BCUT2D eigenvalue weighted by molar-refractivity contribution is 6.30. The van der Waals surface area contributed by atoms with E-state index in [0.29, 0.717) is 16.9 Å². The molecule has 0 amide bonds. The fourth-order valence-corrected chi connectivity index (χ4v) is 1.64. The second-order valence-corrected chi connectivity index (χ2v) is 4.23. The van der Waals surface area contributed by atoms with E-state index in [1.54, 1.807) is 24.3 Å². The van der Waals surface area contributed by atoms with Crippen LogP contribution in [0.4, 0.5) is 30.4 Å². The average molecular weight is 288 g/mol. The molecule has 0 bridgehead atoms. The maximum atomic E-state index is 12.6. The largest absolute Gasteiger partial charge is 0.417 e. The molecule has 0 saturated heterocycles. The number of nitrogens with two attached hydrogens (primary N) is 1. The van der Waals surface area contributed by atoms with Crippen LogP contribution in [0.2, 0.25) is 5.02 Å². The molecular formula is C12H9ClF3N3. The van der Waals surface area contributed by atoms with Gasteiger partial charge < -0.3 is 11.1 Å². The molecule has 0 aliphatic heterocycles. The van der Waals surface area contributed by atoms with E-state index in [-0.39, 0.29) is 11.5 Å². The Morgan fingerprint density at radius 3 is 2.58 bits per heavy atom. The molecule has 19 heavy (non-hydrogen) atoms. The van der Waals surface area contributed by atoms with E-state index in [9.17, 15) is 13.2 Å². The van der Waals surface area contributed by atoms with Crippen LogP contribution in [0, 0.1) is 0 Å². The van der Waals surface area contributed by atoms with Crippen LogP contribution in [0.1, 0.15) is 5.56 Å². The van der Waals surface area contributed by atoms with Gasteiger partial charge in [-0.2, -0.15) is 13.2 Å². The summed E-state index contributed by atoms with van der Waals surface area (Å²) in [5.74, 6) is -0.0204. The zero-order valence-corrected chi connectivity index (χ0v) is 10.3. The fraction of sp³-hybridized carbons (Fsp3) is 0.0833. The summed E-state index contributed by atoms with van der Waals surface area (Å²) in [4.78, 5) is 3.53. The van der Waals surface area contributed by atoms with Crippen molar-refractivity contribution in [1.82, 2.24) is 4.98 Å². The quantitative estimate of drug-likeness (QED) is 0.875. The van der Waals surface area contributed by atoms with Crippen molar-refractivity contribution in [3.8, 4) is 0 Å². The zero-order chi connectivity index (χ0) is 14.0. The molecular weight excluding hydrogens is 279 g/mol. The van der Waals surface area contributed by atoms with Crippen molar-refractivity contribution in [3.63, 3.8) is 0 Å². The first-order chi connectivity index (χ1) is 8.86. The van der Waals surface area contributed by atoms with Crippen molar-refractivity contribution in [2.75, 3.05) is 11.1 Å². The van der Waals surface area contributed by atoms with Gasteiger partial charge >= 0.3 is 6.18 Å². The molecule has 0 spiro atoms. The van der Waals surface area contributed by atoms with Crippen molar-refractivity contribution in [1.29, 1.82) is 0 Å². The van der Waals surface area contributed by atoms with Gasteiger partial charge in [0.1, 0.15) is 5.82 Å². The van der Waals surface area contributed by atoms with E-state index in [1.165, 1.54) is 0 Å².